The standard InChI is InChI=1S/C18H24N4O3/c1-9-8-11(19)14-13(21(9)10(2)23)7-6-12-15(14)22(17(24)25)16(20-12)18(3,4)5/h6-7,9,11H,8,19H2,1-5H3,(H,24,25)/t9-,11+/m0/s1. The topological polar surface area (TPSA) is 101 Å². The van der Waals surface area contributed by atoms with Crippen LogP contribution in [0.1, 0.15) is 58.5 Å². The zero-order valence-electron chi connectivity index (χ0n) is 15.2. The first-order valence-corrected chi connectivity index (χ1v) is 8.38. The first-order valence-electron chi connectivity index (χ1n) is 8.38. The average Bonchev–Trinajstić information content (AvgIpc) is 2.85. The number of fused-ring (bicyclic) bond motifs is 3. The van der Waals surface area contributed by atoms with Crippen LogP contribution in [0.15, 0.2) is 12.1 Å². The number of carboxylic acid groups (broad SMARTS) is 1. The van der Waals surface area contributed by atoms with Gasteiger partial charge in [0.25, 0.3) is 0 Å². The van der Waals surface area contributed by atoms with Crippen molar-refractivity contribution in [3.8, 4) is 0 Å². The lowest BCUT2D eigenvalue weighted by Gasteiger charge is -2.38. The molecule has 0 saturated carbocycles. The molecule has 0 saturated heterocycles. The minimum Gasteiger partial charge on any atom is -0.464 e. The highest BCUT2D eigenvalue weighted by Gasteiger charge is 2.35. The van der Waals surface area contributed by atoms with Crippen LogP contribution in [0.3, 0.4) is 0 Å². The molecule has 0 spiro atoms. The van der Waals surface area contributed by atoms with Gasteiger partial charge in [0.05, 0.1) is 16.7 Å². The van der Waals surface area contributed by atoms with Crippen LogP contribution in [0, 0.1) is 0 Å². The molecule has 134 valence electrons. The number of nitrogens with two attached hydrogens (primary N) is 1. The molecular formula is C18H24N4O3. The van der Waals surface area contributed by atoms with Crippen molar-refractivity contribution in [2.75, 3.05) is 4.90 Å². The van der Waals surface area contributed by atoms with E-state index in [1.807, 2.05) is 33.8 Å². The van der Waals surface area contributed by atoms with Crippen LogP contribution in [0.4, 0.5) is 10.5 Å². The fraction of sp³-hybridized carbons (Fsp3) is 0.500. The quantitative estimate of drug-likeness (QED) is 0.765. The summed E-state index contributed by atoms with van der Waals surface area (Å²) in [7, 11) is 0. The van der Waals surface area contributed by atoms with Crippen LogP contribution in [0.2, 0.25) is 0 Å². The molecule has 3 N–H and O–H groups in total. The number of anilines is 1. The smallest absolute Gasteiger partial charge is 0.417 e. The van der Waals surface area contributed by atoms with E-state index in [1.54, 1.807) is 11.0 Å². The minimum atomic E-state index is -1.10. The van der Waals surface area contributed by atoms with Crippen LogP contribution in [0.5, 0.6) is 0 Å². The number of hydrogen-bond donors (Lipinski definition) is 2. The Kier molecular flexibility index (Phi) is 3.87. The zero-order valence-corrected chi connectivity index (χ0v) is 15.2. The van der Waals surface area contributed by atoms with Crippen LogP contribution in [-0.4, -0.2) is 32.7 Å². The maximum Gasteiger partial charge on any atom is 0.417 e. The van der Waals surface area contributed by atoms with Crippen LogP contribution >= 0.6 is 0 Å². The van der Waals surface area contributed by atoms with Gasteiger partial charge in [0, 0.05) is 30.0 Å². The van der Waals surface area contributed by atoms with Gasteiger partial charge in [-0.1, -0.05) is 20.8 Å². The number of benzene rings is 1. The normalized spacial score (nSPS) is 20.6. The van der Waals surface area contributed by atoms with Gasteiger partial charge in [-0.05, 0) is 25.5 Å². The highest BCUT2D eigenvalue weighted by molar-refractivity contribution is 6.00. The third kappa shape index (κ3) is 2.59. The van der Waals surface area contributed by atoms with E-state index >= 15 is 0 Å². The lowest BCUT2D eigenvalue weighted by molar-refractivity contribution is -0.117. The lowest BCUT2D eigenvalue weighted by atomic mass is 9.91. The van der Waals surface area contributed by atoms with E-state index in [1.165, 1.54) is 11.5 Å². The first-order chi connectivity index (χ1) is 11.5. The number of aromatic nitrogens is 2. The van der Waals surface area contributed by atoms with E-state index in [4.69, 9.17) is 5.73 Å². The summed E-state index contributed by atoms with van der Waals surface area (Å²) in [5.74, 6) is 0.376. The molecule has 1 aliphatic heterocycles. The summed E-state index contributed by atoms with van der Waals surface area (Å²) in [6.07, 6.45) is -0.525. The van der Waals surface area contributed by atoms with Crippen molar-refractivity contribution in [2.45, 2.75) is 58.5 Å². The minimum absolute atomic E-state index is 0.0410. The van der Waals surface area contributed by atoms with E-state index < -0.39 is 11.5 Å². The molecule has 1 amide bonds. The Balaban J connectivity index is 2.43. The highest BCUT2D eigenvalue weighted by atomic mass is 16.4. The second-order valence-electron chi connectivity index (χ2n) is 7.75. The molecule has 1 aromatic heterocycles. The number of carbonyl (C=O) groups excluding carboxylic acids is 1. The number of amides is 1. The molecule has 0 unspecified atom stereocenters. The number of nitrogens with zero attached hydrogens (tertiary/aromatic N) is 3. The third-order valence-electron chi connectivity index (χ3n) is 4.70. The molecule has 0 bridgehead atoms. The van der Waals surface area contributed by atoms with Gasteiger partial charge in [-0.2, -0.15) is 0 Å². The first kappa shape index (κ1) is 17.4. The molecule has 25 heavy (non-hydrogen) atoms. The summed E-state index contributed by atoms with van der Waals surface area (Å²) < 4.78 is 1.22. The monoisotopic (exact) mass is 344 g/mol. The molecule has 7 heteroatoms. The van der Waals surface area contributed by atoms with E-state index in [0.29, 0.717) is 34.5 Å². The predicted octanol–water partition coefficient (Wildman–Crippen LogP) is 3.00. The molecule has 0 radical (unpaired) electrons. The van der Waals surface area contributed by atoms with E-state index in [0.717, 1.165) is 0 Å². The Morgan fingerprint density at radius 1 is 1.32 bits per heavy atom. The average molecular weight is 344 g/mol. The number of imidazole rings is 1. The van der Waals surface area contributed by atoms with Gasteiger partial charge in [0.1, 0.15) is 5.82 Å². The number of carbonyl (C=O) groups is 2. The zero-order chi connectivity index (χ0) is 18.7. The van der Waals surface area contributed by atoms with E-state index in [2.05, 4.69) is 4.98 Å². The van der Waals surface area contributed by atoms with Crippen molar-refractivity contribution in [1.29, 1.82) is 0 Å². The van der Waals surface area contributed by atoms with Gasteiger partial charge in [-0.3, -0.25) is 4.79 Å². The molecule has 0 fully saturated rings. The van der Waals surface area contributed by atoms with Crippen molar-refractivity contribution in [3.63, 3.8) is 0 Å². The molecular weight excluding hydrogens is 320 g/mol. The molecule has 1 aromatic carbocycles. The van der Waals surface area contributed by atoms with Crippen molar-refractivity contribution in [2.24, 2.45) is 5.73 Å². The van der Waals surface area contributed by atoms with Crippen molar-refractivity contribution >= 4 is 28.7 Å². The van der Waals surface area contributed by atoms with E-state index in [9.17, 15) is 14.7 Å². The van der Waals surface area contributed by atoms with Gasteiger partial charge in [-0.15, -0.1) is 0 Å². The summed E-state index contributed by atoms with van der Waals surface area (Å²) in [5.41, 5.74) is 8.35. The van der Waals surface area contributed by atoms with Gasteiger partial charge >= 0.3 is 6.09 Å². The molecule has 2 aromatic rings. The predicted molar refractivity (Wildman–Crippen MR) is 96.0 cm³/mol. The maximum atomic E-state index is 12.1. The summed E-state index contributed by atoms with van der Waals surface area (Å²) in [6, 6.07) is 3.19. The summed E-state index contributed by atoms with van der Waals surface area (Å²) >= 11 is 0. The van der Waals surface area contributed by atoms with Crippen molar-refractivity contribution in [1.82, 2.24) is 9.55 Å². The largest absolute Gasteiger partial charge is 0.464 e. The molecule has 3 rings (SSSR count). The van der Waals surface area contributed by atoms with Gasteiger partial charge < -0.3 is 15.7 Å². The van der Waals surface area contributed by atoms with Crippen molar-refractivity contribution in [3.05, 3.63) is 23.5 Å². The van der Waals surface area contributed by atoms with Crippen molar-refractivity contribution < 1.29 is 14.7 Å². The molecule has 1 aliphatic rings. The molecule has 0 aliphatic carbocycles. The summed E-state index contributed by atoms with van der Waals surface area (Å²) in [4.78, 5) is 30.4. The second kappa shape index (κ2) is 5.56. The molecule has 2 atom stereocenters. The Hall–Kier alpha value is -2.41. The Labute approximate surface area is 146 Å². The van der Waals surface area contributed by atoms with Crippen LogP contribution < -0.4 is 10.6 Å². The van der Waals surface area contributed by atoms with Crippen LogP contribution in [-0.2, 0) is 10.2 Å². The summed E-state index contributed by atoms with van der Waals surface area (Å²) in [6.45, 7) is 9.22. The number of rotatable bonds is 0. The third-order valence-corrected chi connectivity index (χ3v) is 4.70. The number of hydrogen-bond acceptors (Lipinski definition) is 4. The van der Waals surface area contributed by atoms with Gasteiger partial charge in [0.15, 0.2) is 0 Å². The molecule has 2 heterocycles. The SMILES string of the molecule is CC(=O)N1c2ccc3nc(C(C)(C)C)n(C(=O)O)c3c2[C@H](N)C[C@@H]1C. The Morgan fingerprint density at radius 2 is 1.96 bits per heavy atom. The van der Waals surface area contributed by atoms with Crippen LogP contribution in [0.25, 0.3) is 11.0 Å². The summed E-state index contributed by atoms with van der Waals surface area (Å²) in [5, 5.41) is 9.83. The fourth-order valence-electron chi connectivity index (χ4n) is 3.75. The van der Waals surface area contributed by atoms with Gasteiger partial charge in [-0.25, -0.2) is 14.3 Å². The second-order valence-corrected chi connectivity index (χ2v) is 7.75. The Morgan fingerprint density at radius 3 is 2.48 bits per heavy atom. The molecule has 7 nitrogen and oxygen atoms in total. The maximum absolute atomic E-state index is 12.1. The van der Waals surface area contributed by atoms with Gasteiger partial charge in [0.2, 0.25) is 5.91 Å². The lowest BCUT2D eigenvalue weighted by Crippen LogP contribution is -2.43. The van der Waals surface area contributed by atoms with E-state index in [-0.39, 0.29) is 18.0 Å². The Bertz CT molecular complexity index is 879. The fourth-order valence-corrected chi connectivity index (χ4v) is 3.75. The highest BCUT2D eigenvalue weighted by Crippen LogP contribution is 2.41.